The quantitative estimate of drug-likeness (QED) is 0.851. The number of hydrogen-bond acceptors (Lipinski definition) is 2. The highest BCUT2D eigenvalue weighted by Gasteiger charge is 2.56. The van der Waals surface area contributed by atoms with Gasteiger partial charge in [-0.2, -0.15) is 13.2 Å². The van der Waals surface area contributed by atoms with E-state index in [0.29, 0.717) is 5.56 Å². The molecule has 0 radical (unpaired) electrons. The zero-order valence-electron chi connectivity index (χ0n) is 13.2. The summed E-state index contributed by atoms with van der Waals surface area (Å²) in [6.07, 6.45) is -5.04. The fourth-order valence-corrected chi connectivity index (χ4v) is 2.62. The normalized spacial score (nSPS) is 14.0. The van der Waals surface area contributed by atoms with Gasteiger partial charge in [-0.15, -0.1) is 0 Å². The molecule has 0 saturated carbocycles. The van der Waals surface area contributed by atoms with Crippen molar-refractivity contribution >= 4 is 5.91 Å². The lowest BCUT2D eigenvalue weighted by Crippen LogP contribution is -2.58. The molecule has 1 atom stereocenters. The molecule has 3 nitrogen and oxygen atoms in total. The maximum absolute atomic E-state index is 14.1. The third kappa shape index (κ3) is 3.94. The van der Waals surface area contributed by atoms with Crippen LogP contribution in [0.25, 0.3) is 0 Å². The molecule has 0 aliphatic carbocycles. The van der Waals surface area contributed by atoms with Crippen molar-refractivity contribution in [2.24, 2.45) is 0 Å². The zero-order chi connectivity index (χ0) is 17.6. The van der Waals surface area contributed by atoms with Crippen LogP contribution in [0, 0.1) is 0 Å². The van der Waals surface area contributed by atoms with E-state index in [9.17, 15) is 18.0 Å². The fourth-order valence-electron chi connectivity index (χ4n) is 2.62. The van der Waals surface area contributed by atoms with Crippen LogP contribution in [0.3, 0.4) is 0 Å². The van der Waals surface area contributed by atoms with Gasteiger partial charge in [-0.1, -0.05) is 60.7 Å². The Morgan fingerprint density at radius 2 is 1.50 bits per heavy atom. The Hall–Kier alpha value is -2.34. The van der Waals surface area contributed by atoms with Gasteiger partial charge in [0.2, 0.25) is 5.91 Å². The highest BCUT2D eigenvalue weighted by atomic mass is 19.4. The highest BCUT2D eigenvalue weighted by molar-refractivity contribution is 5.79. The SMILES string of the molecule is CNCC(=O)NC(Cc1ccccc1)(c1ccccc1)C(F)(F)F. The minimum absolute atomic E-state index is 0.00538. The van der Waals surface area contributed by atoms with Crippen molar-refractivity contribution < 1.29 is 18.0 Å². The lowest BCUT2D eigenvalue weighted by atomic mass is 9.82. The number of likely N-dealkylation sites (N-methyl/N-ethyl adjacent to an activating group) is 1. The van der Waals surface area contributed by atoms with E-state index in [1.54, 1.807) is 36.4 Å². The Labute approximate surface area is 138 Å². The summed E-state index contributed by atoms with van der Waals surface area (Å²) in [5.41, 5.74) is -1.99. The molecule has 0 heterocycles. The van der Waals surface area contributed by atoms with Gasteiger partial charge in [0.05, 0.1) is 6.54 Å². The predicted octanol–water partition coefficient (Wildman–Crippen LogP) is 3.02. The van der Waals surface area contributed by atoms with Gasteiger partial charge in [0.25, 0.3) is 0 Å². The second-order valence-corrected chi connectivity index (χ2v) is 5.51. The van der Waals surface area contributed by atoms with Crippen LogP contribution >= 0.6 is 0 Å². The number of carbonyl (C=O) groups excluding carboxylic acids is 1. The lowest BCUT2D eigenvalue weighted by Gasteiger charge is -2.37. The van der Waals surface area contributed by atoms with Gasteiger partial charge in [0.15, 0.2) is 5.54 Å². The summed E-state index contributed by atoms with van der Waals surface area (Å²) in [4.78, 5) is 12.0. The van der Waals surface area contributed by atoms with E-state index in [1.807, 2.05) is 0 Å². The number of alkyl halides is 3. The second kappa shape index (κ2) is 7.49. The average molecular weight is 336 g/mol. The molecule has 1 unspecified atom stereocenters. The van der Waals surface area contributed by atoms with E-state index < -0.39 is 17.6 Å². The first kappa shape index (κ1) is 18.0. The monoisotopic (exact) mass is 336 g/mol. The van der Waals surface area contributed by atoms with Crippen molar-refractivity contribution in [2.45, 2.75) is 18.1 Å². The minimum Gasteiger partial charge on any atom is -0.337 e. The van der Waals surface area contributed by atoms with Gasteiger partial charge >= 0.3 is 6.18 Å². The van der Waals surface area contributed by atoms with Crippen LogP contribution in [-0.2, 0) is 16.8 Å². The number of nitrogens with one attached hydrogen (secondary N) is 2. The fraction of sp³-hybridized carbons (Fsp3) is 0.278. The number of halogens is 3. The standard InChI is InChI=1S/C18H19F3N2O/c1-22-13-16(24)23-17(18(19,20)21,15-10-6-3-7-11-15)12-14-8-4-2-5-9-14/h2-11,22H,12-13H2,1H3,(H,23,24). The number of carbonyl (C=O) groups is 1. The van der Waals surface area contributed by atoms with Gasteiger partial charge < -0.3 is 10.6 Å². The van der Waals surface area contributed by atoms with Crippen molar-refractivity contribution in [1.82, 2.24) is 10.6 Å². The molecule has 6 heteroatoms. The lowest BCUT2D eigenvalue weighted by molar-refractivity contribution is -0.202. The van der Waals surface area contributed by atoms with Crippen LogP contribution < -0.4 is 10.6 Å². The largest absolute Gasteiger partial charge is 0.416 e. The maximum Gasteiger partial charge on any atom is 0.416 e. The summed E-state index contributed by atoms with van der Waals surface area (Å²) >= 11 is 0. The van der Waals surface area contributed by atoms with Crippen molar-refractivity contribution in [3.8, 4) is 0 Å². The predicted molar refractivity (Wildman–Crippen MR) is 86.4 cm³/mol. The summed E-state index contributed by atoms with van der Waals surface area (Å²) < 4.78 is 42.3. The summed E-state index contributed by atoms with van der Waals surface area (Å²) in [6.45, 7) is -0.195. The molecule has 0 saturated heterocycles. The number of rotatable bonds is 6. The van der Waals surface area contributed by atoms with Crippen LogP contribution in [0.4, 0.5) is 13.2 Å². The Kier molecular flexibility index (Phi) is 5.62. The second-order valence-electron chi connectivity index (χ2n) is 5.51. The number of amides is 1. The van der Waals surface area contributed by atoms with Gasteiger partial charge in [-0.25, -0.2) is 0 Å². The molecule has 0 fully saturated rings. The van der Waals surface area contributed by atoms with Crippen molar-refractivity contribution in [3.05, 3.63) is 71.8 Å². The van der Waals surface area contributed by atoms with Crippen LogP contribution in [0.5, 0.6) is 0 Å². The molecule has 0 aliphatic rings. The molecule has 0 aromatic heterocycles. The van der Waals surface area contributed by atoms with Gasteiger partial charge in [0, 0.05) is 6.42 Å². The molecule has 128 valence electrons. The van der Waals surface area contributed by atoms with Gasteiger partial charge in [0.1, 0.15) is 0 Å². The molecule has 0 bridgehead atoms. The first-order chi connectivity index (χ1) is 11.4. The summed E-state index contributed by atoms with van der Waals surface area (Å²) in [6, 6.07) is 15.8. The van der Waals surface area contributed by atoms with Crippen molar-refractivity contribution in [3.63, 3.8) is 0 Å². The molecule has 24 heavy (non-hydrogen) atoms. The third-order valence-electron chi connectivity index (χ3n) is 3.75. The van der Waals surface area contributed by atoms with E-state index in [2.05, 4.69) is 10.6 Å². The van der Waals surface area contributed by atoms with E-state index in [1.165, 1.54) is 31.3 Å². The van der Waals surface area contributed by atoms with Gasteiger partial charge in [-0.05, 0) is 18.2 Å². The van der Waals surface area contributed by atoms with Crippen LogP contribution in [0.1, 0.15) is 11.1 Å². The first-order valence-corrected chi connectivity index (χ1v) is 7.51. The molecular weight excluding hydrogens is 317 g/mol. The Bertz CT molecular complexity index is 659. The van der Waals surface area contributed by atoms with E-state index in [0.717, 1.165) is 0 Å². The van der Waals surface area contributed by atoms with E-state index in [4.69, 9.17) is 0 Å². The molecule has 0 spiro atoms. The third-order valence-corrected chi connectivity index (χ3v) is 3.75. The number of hydrogen-bond donors (Lipinski definition) is 2. The summed E-state index contributed by atoms with van der Waals surface area (Å²) in [5, 5.41) is 4.79. The molecule has 2 rings (SSSR count). The average Bonchev–Trinajstić information content (AvgIpc) is 2.55. The zero-order valence-corrected chi connectivity index (χ0v) is 13.2. The molecule has 2 aromatic carbocycles. The minimum atomic E-state index is -4.66. The molecule has 0 aliphatic heterocycles. The summed E-state index contributed by atoms with van der Waals surface area (Å²) in [7, 11) is 1.51. The van der Waals surface area contributed by atoms with Crippen LogP contribution in [-0.4, -0.2) is 25.7 Å². The first-order valence-electron chi connectivity index (χ1n) is 7.51. The highest BCUT2D eigenvalue weighted by Crippen LogP contribution is 2.41. The van der Waals surface area contributed by atoms with Gasteiger partial charge in [-0.3, -0.25) is 4.79 Å². The topological polar surface area (TPSA) is 41.1 Å². The maximum atomic E-state index is 14.1. The summed E-state index contributed by atoms with van der Waals surface area (Å²) in [5.74, 6) is -0.713. The van der Waals surface area contributed by atoms with E-state index >= 15 is 0 Å². The Morgan fingerprint density at radius 3 is 2.00 bits per heavy atom. The Morgan fingerprint density at radius 1 is 0.958 bits per heavy atom. The van der Waals surface area contributed by atoms with Crippen LogP contribution in [0.15, 0.2) is 60.7 Å². The van der Waals surface area contributed by atoms with Crippen molar-refractivity contribution in [1.29, 1.82) is 0 Å². The molecule has 1 amide bonds. The van der Waals surface area contributed by atoms with E-state index in [-0.39, 0.29) is 18.5 Å². The molecular formula is C18H19F3N2O. The molecule has 2 aromatic rings. The molecule has 2 N–H and O–H groups in total. The van der Waals surface area contributed by atoms with Crippen LogP contribution in [0.2, 0.25) is 0 Å². The number of benzene rings is 2. The smallest absolute Gasteiger partial charge is 0.337 e. The Balaban J connectivity index is 2.53. The van der Waals surface area contributed by atoms with Crippen molar-refractivity contribution in [2.75, 3.05) is 13.6 Å².